The van der Waals surface area contributed by atoms with Crippen molar-refractivity contribution in [3.05, 3.63) is 30.6 Å². The van der Waals surface area contributed by atoms with E-state index in [0.29, 0.717) is 18.2 Å². The van der Waals surface area contributed by atoms with E-state index in [1.54, 1.807) is 0 Å². The van der Waals surface area contributed by atoms with Gasteiger partial charge in [0.2, 0.25) is 5.91 Å². The first-order valence-corrected chi connectivity index (χ1v) is 7.23. The van der Waals surface area contributed by atoms with Gasteiger partial charge >= 0.3 is 0 Å². The number of nitrogens with one attached hydrogen (secondary N) is 2. The number of nitrogens with zero attached hydrogens (tertiary/aromatic N) is 2. The largest absolute Gasteiger partial charge is 0.327 e. The van der Waals surface area contributed by atoms with Crippen LogP contribution in [0, 0.1) is 5.92 Å². The van der Waals surface area contributed by atoms with Gasteiger partial charge in [-0.15, -0.1) is 12.4 Å². The molecule has 1 aromatic heterocycles. The molecule has 2 atom stereocenters. The van der Waals surface area contributed by atoms with Crippen LogP contribution in [-0.4, -0.2) is 27.1 Å². The highest BCUT2D eigenvalue weighted by Crippen LogP contribution is 2.27. The smallest absolute Gasteiger partial charge is 0.224 e. The van der Waals surface area contributed by atoms with Gasteiger partial charge < -0.3 is 11.1 Å². The van der Waals surface area contributed by atoms with Crippen molar-refractivity contribution in [3.8, 4) is 11.4 Å². The summed E-state index contributed by atoms with van der Waals surface area (Å²) in [4.78, 5) is 16.2. The van der Waals surface area contributed by atoms with Crippen molar-refractivity contribution in [2.45, 2.75) is 31.7 Å². The molecule has 3 rings (SSSR count). The molecule has 0 radical (unpaired) electrons. The van der Waals surface area contributed by atoms with Crippen molar-refractivity contribution in [1.29, 1.82) is 0 Å². The minimum atomic E-state index is 0. The van der Waals surface area contributed by atoms with E-state index >= 15 is 0 Å². The number of H-pyrrole nitrogens is 1. The normalized spacial score (nSPS) is 20.4. The van der Waals surface area contributed by atoms with Gasteiger partial charge in [-0.3, -0.25) is 9.89 Å². The summed E-state index contributed by atoms with van der Waals surface area (Å²) in [7, 11) is 0. The molecule has 0 unspecified atom stereocenters. The van der Waals surface area contributed by atoms with Crippen LogP contribution in [0.3, 0.4) is 0 Å². The zero-order valence-corrected chi connectivity index (χ0v) is 13.0. The number of carbonyl (C=O) groups excluding carboxylic acids is 1. The third-order valence-corrected chi connectivity index (χ3v) is 4.00. The fourth-order valence-corrected chi connectivity index (χ4v) is 2.86. The minimum Gasteiger partial charge on any atom is -0.327 e. The Kier molecular flexibility index (Phi) is 5.51. The molecule has 0 aliphatic heterocycles. The first kappa shape index (κ1) is 16.5. The molecule has 1 saturated carbocycles. The quantitative estimate of drug-likeness (QED) is 0.805. The standard InChI is InChI=1S/C15H19N5O.ClH/c16-13-6-2-3-10(13)8-14(21)19-12-5-1-4-11(7-12)15-17-9-18-20-15;/h1,4-5,7,9-10,13H,2-3,6,8,16H2,(H,19,21)(H,17,18,20);1H/t10-,13+;/m0./s1. The van der Waals surface area contributed by atoms with Crippen LogP contribution in [0.4, 0.5) is 5.69 Å². The molecule has 22 heavy (non-hydrogen) atoms. The van der Waals surface area contributed by atoms with Gasteiger partial charge in [-0.2, -0.15) is 5.10 Å². The lowest BCUT2D eigenvalue weighted by Crippen LogP contribution is -2.28. The van der Waals surface area contributed by atoms with Gasteiger partial charge in [0.05, 0.1) is 0 Å². The maximum absolute atomic E-state index is 12.1. The van der Waals surface area contributed by atoms with Crippen molar-refractivity contribution < 1.29 is 4.79 Å². The van der Waals surface area contributed by atoms with E-state index in [1.165, 1.54) is 6.33 Å². The van der Waals surface area contributed by atoms with Crippen LogP contribution in [0.25, 0.3) is 11.4 Å². The topological polar surface area (TPSA) is 96.7 Å². The number of amides is 1. The number of carbonyl (C=O) groups is 1. The predicted molar refractivity (Wildman–Crippen MR) is 87.6 cm³/mol. The summed E-state index contributed by atoms with van der Waals surface area (Å²) in [5.41, 5.74) is 7.67. The number of rotatable bonds is 4. The molecule has 4 N–H and O–H groups in total. The second-order valence-electron chi connectivity index (χ2n) is 5.52. The Morgan fingerprint density at radius 2 is 2.27 bits per heavy atom. The van der Waals surface area contributed by atoms with E-state index in [2.05, 4.69) is 20.5 Å². The van der Waals surface area contributed by atoms with E-state index in [1.807, 2.05) is 24.3 Å². The van der Waals surface area contributed by atoms with Crippen molar-refractivity contribution >= 4 is 24.0 Å². The SMILES string of the molecule is Cl.N[C@@H]1CCC[C@H]1CC(=O)Nc1cccc(-c2ncn[nH]2)c1. The Bertz CT molecular complexity index is 616. The lowest BCUT2D eigenvalue weighted by atomic mass is 10.00. The van der Waals surface area contributed by atoms with Gasteiger partial charge in [0.15, 0.2) is 5.82 Å². The van der Waals surface area contributed by atoms with E-state index in [4.69, 9.17) is 5.73 Å². The molecule has 1 amide bonds. The zero-order chi connectivity index (χ0) is 14.7. The second kappa shape index (κ2) is 7.38. The summed E-state index contributed by atoms with van der Waals surface area (Å²) in [5, 5.41) is 9.57. The number of hydrogen-bond donors (Lipinski definition) is 3. The highest BCUT2D eigenvalue weighted by molar-refractivity contribution is 5.91. The molecule has 0 saturated heterocycles. The minimum absolute atomic E-state index is 0. The fourth-order valence-electron chi connectivity index (χ4n) is 2.86. The van der Waals surface area contributed by atoms with Crippen LogP contribution >= 0.6 is 12.4 Å². The fraction of sp³-hybridized carbons (Fsp3) is 0.400. The first-order valence-electron chi connectivity index (χ1n) is 7.23. The van der Waals surface area contributed by atoms with Gasteiger partial charge in [-0.05, 0) is 30.9 Å². The van der Waals surface area contributed by atoms with Gasteiger partial charge in [-0.1, -0.05) is 18.6 Å². The van der Waals surface area contributed by atoms with E-state index < -0.39 is 0 Å². The van der Waals surface area contributed by atoms with Gasteiger partial charge in [0, 0.05) is 23.7 Å². The molecule has 7 heteroatoms. The van der Waals surface area contributed by atoms with Crippen molar-refractivity contribution in [2.24, 2.45) is 11.7 Å². The molecule has 1 aliphatic carbocycles. The Hall–Kier alpha value is -1.92. The number of hydrogen-bond acceptors (Lipinski definition) is 4. The number of aromatic amines is 1. The van der Waals surface area contributed by atoms with Crippen molar-refractivity contribution in [3.63, 3.8) is 0 Å². The second-order valence-corrected chi connectivity index (χ2v) is 5.52. The first-order chi connectivity index (χ1) is 10.2. The Morgan fingerprint density at radius 3 is 2.95 bits per heavy atom. The third-order valence-electron chi connectivity index (χ3n) is 4.00. The average Bonchev–Trinajstić information content (AvgIpc) is 3.12. The lowest BCUT2D eigenvalue weighted by molar-refractivity contribution is -0.117. The van der Waals surface area contributed by atoms with Crippen LogP contribution in [0.2, 0.25) is 0 Å². The number of halogens is 1. The predicted octanol–water partition coefficient (Wildman–Crippen LogP) is 2.35. The maximum atomic E-state index is 12.1. The number of nitrogens with two attached hydrogens (primary N) is 1. The van der Waals surface area contributed by atoms with Gasteiger partial charge in [-0.25, -0.2) is 4.98 Å². The van der Waals surface area contributed by atoms with Crippen LogP contribution in [0.15, 0.2) is 30.6 Å². The summed E-state index contributed by atoms with van der Waals surface area (Å²) in [5.74, 6) is 1.01. The maximum Gasteiger partial charge on any atom is 0.224 e. The average molecular weight is 322 g/mol. The molecule has 118 valence electrons. The monoisotopic (exact) mass is 321 g/mol. The van der Waals surface area contributed by atoms with Crippen LogP contribution in [0.1, 0.15) is 25.7 Å². The third kappa shape index (κ3) is 3.84. The highest BCUT2D eigenvalue weighted by atomic mass is 35.5. The molecular formula is C15H20ClN5O. The van der Waals surface area contributed by atoms with Crippen LogP contribution in [0.5, 0.6) is 0 Å². The Morgan fingerprint density at radius 1 is 1.41 bits per heavy atom. The molecule has 1 fully saturated rings. The number of aromatic nitrogens is 3. The summed E-state index contributed by atoms with van der Waals surface area (Å²) < 4.78 is 0. The van der Waals surface area contributed by atoms with Crippen molar-refractivity contribution in [2.75, 3.05) is 5.32 Å². The summed E-state index contributed by atoms with van der Waals surface area (Å²) in [6.07, 6.45) is 5.15. The van der Waals surface area contributed by atoms with E-state index in [9.17, 15) is 4.79 Å². The van der Waals surface area contributed by atoms with Crippen LogP contribution in [-0.2, 0) is 4.79 Å². The van der Waals surface area contributed by atoms with Crippen molar-refractivity contribution in [1.82, 2.24) is 15.2 Å². The lowest BCUT2D eigenvalue weighted by Gasteiger charge is -2.14. The molecule has 0 bridgehead atoms. The molecule has 1 aliphatic rings. The molecule has 0 spiro atoms. The number of benzene rings is 1. The Balaban J connectivity index is 0.00000176. The highest BCUT2D eigenvalue weighted by Gasteiger charge is 2.26. The zero-order valence-electron chi connectivity index (χ0n) is 12.2. The summed E-state index contributed by atoms with van der Waals surface area (Å²) in [6, 6.07) is 7.72. The molecular weight excluding hydrogens is 302 g/mol. The van der Waals surface area contributed by atoms with E-state index in [-0.39, 0.29) is 24.4 Å². The molecule has 6 nitrogen and oxygen atoms in total. The Labute approximate surface area is 135 Å². The van der Waals surface area contributed by atoms with E-state index in [0.717, 1.165) is 30.5 Å². The van der Waals surface area contributed by atoms with Gasteiger partial charge in [0.25, 0.3) is 0 Å². The van der Waals surface area contributed by atoms with Crippen LogP contribution < -0.4 is 11.1 Å². The molecule has 1 heterocycles. The summed E-state index contributed by atoms with van der Waals surface area (Å²) >= 11 is 0. The summed E-state index contributed by atoms with van der Waals surface area (Å²) in [6.45, 7) is 0. The molecule has 1 aromatic carbocycles. The molecule has 2 aromatic rings. The number of anilines is 1. The van der Waals surface area contributed by atoms with Gasteiger partial charge in [0.1, 0.15) is 6.33 Å².